The number of Topliss-reactive ketones (excluding diaryl/α,β-unsaturated/α-hetero) is 1. The van der Waals surface area contributed by atoms with E-state index in [9.17, 15) is 9.90 Å². The maximum absolute atomic E-state index is 13.1. The van der Waals surface area contributed by atoms with E-state index in [-0.39, 0.29) is 17.3 Å². The van der Waals surface area contributed by atoms with Gasteiger partial charge in [-0.2, -0.15) is 0 Å². The van der Waals surface area contributed by atoms with Gasteiger partial charge < -0.3 is 24.1 Å². The standard InChI is InChI=1S/C25H29NO6/c1-15-6-5-9-26(13-15)14-18-19(27)8-7-17-24(28)23(32-25(17)18)11-16-10-21(30-3)22(31-4)12-20(16)29-2/h7-8,10-12,15,27H,5-6,9,13-14H2,1-4H3/t15-/m1/s1. The number of nitrogens with zero attached hydrogens (tertiary/aromatic N) is 1. The predicted octanol–water partition coefficient (Wildman–Crippen LogP) is 4.27. The number of benzene rings is 2. The molecule has 0 spiro atoms. The molecule has 1 fully saturated rings. The van der Waals surface area contributed by atoms with Crippen molar-refractivity contribution in [1.82, 2.24) is 4.90 Å². The number of allylic oxidation sites excluding steroid dienone is 1. The number of ketones is 1. The fraction of sp³-hybridized carbons (Fsp3) is 0.400. The lowest BCUT2D eigenvalue weighted by Crippen LogP contribution is -2.33. The van der Waals surface area contributed by atoms with E-state index in [0.29, 0.717) is 52.2 Å². The molecule has 0 unspecified atom stereocenters. The fourth-order valence-corrected chi connectivity index (χ4v) is 4.41. The Morgan fingerprint density at radius 1 is 1.12 bits per heavy atom. The number of aromatic hydroxyl groups is 1. The van der Waals surface area contributed by atoms with E-state index in [4.69, 9.17) is 18.9 Å². The summed E-state index contributed by atoms with van der Waals surface area (Å²) in [5.41, 5.74) is 1.72. The zero-order valence-corrected chi connectivity index (χ0v) is 18.9. The van der Waals surface area contributed by atoms with Gasteiger partial charge in [-0.25, -0.2) is 0 Å². The quantitative estimate of drug-likeness (QED) is 0.674. The van der Waals surface area contributed by atoms with Crippen LogP contribution in [0.15, 0.2) is 30.0 Å². The molecular formula is C25H29NO6. The molecule has 1 saturated heterocycles. The highest BCUT2D eigenvalue weighted by atomic mass is 16.5. The molecular weight excluding hydrogens is 410 g/mol. The molecule has 0 aliphatic carbocycles. The zero-order valence-electron chi connectivity index (χ0n) is 18.9. The van der Waals surface area contributed by atoms with E-state index >= 15 is 0 Å². The highest BCUT2D eigenvalue weighted by Crippen LogP contribution is 2.42. The number of phenols is 1. The van der Waals surface area contributed by atoms with E-state index in [1.54, 1.807) is 51.7 Å². The molecule has 2 aromatic rings. The molecule has 2 aliphatic rings. The minimum atomic E-state index is -0.231. The van der Waals surface area contributed by atoms with Crippen LogP contribution in [0.25, 0.3) is 6.08 Å². The van der Waals surface area contributed by atoms with Gasteiger partial charge in [-0.3, -0.25) is 9.69 Å². The van der Waals surface area contributed by atoms with Crippen molar-refractivity contribution in [3.63, 3.8) is 0 Å². The van der Waals surface area contributed by atoms with Gasteiger partial charge in [-0.05, 0) is 49.6 Å². The van der Waals surface area contributed by atoms with Gasteiger partial charge in [0.2, 0.25) is 5.78 Å². The van der Waals surface area contributed by atoms with Crippen LogP contribution in [-0.4, -0.2) is 50.2 Å². The summed E-state index contributed by atoms with van der Waals surface area (Å²) >= 11 is 0. The number of carbonyl (C=O) groups is 1. The molecule has 7 heteroatoms. The molecule has 4 rings (SSSR count). The maximum Gasteiger partial charge on any atom is 0.231 e. The third-order valence-electron chi connectivity index (χ3n) is 6.06. The average molecular weight is 440 g/mol. The molecule has 0 bridgehead atoms. The SMILES string of the molecule is COc1cc(OC)c(OC)cc1C=C1Oc2c(ccc(O)c2CN2CCC[C@@H](C)C2)C1=O. The van der Waals surface area contributed by atoms with Crippen LogP contribution in [0.5, 0.6) is 28.7 Å². The second kappa shape index (κ2) is 9.12. The summed E-state index contributed by atoms with van der Waals surface area (Å²) < 4.78 is 22.2. The highest BCUT2D eigenvalue weighted by molar-refractivity contribution is 6.15. The van der Waals surface area contributed by atoms with Gasteiger partial charge in [0.15, 0.2) is 17.3 Å². The molecule has 7 nitrogen and oxygen atoms in total. The van der Waals surface area contributed by atoms with E-state index in [1.165, 1.54) is 6.42 Å². The van der Waals surface area contributed by atoms with Gasteiger partial charge >= 0.3 is 0 Å². The lowest BCUT2D eigenvalue weighted by Gasteiger charge is -2.31. The molecule has 2 aromatic carbocycles. The van der Waals surface area contributed by atoms with Crippen molar-refractivity contribution in [3.05, 3.63) is 46.7 Å². The number of fused-ring (bicyclic) bond motifs is 1. The topological polar surface area (TPSA) is 77.5 Å². The minimum absolute atomic E-state index is 0.139. The minimum Gasteiger partial charge on any atom is -0.507 e. The summed E-state index contributed by atoms with van der Waals surface area (Å²) in [6, 6.07) is 6.62. The number of hydrogen-bond donors (Lipinski definition) is 1. The third-order valence-corrected chi connectivity index (χ3v) is 6.06. The fourth-order valence-electron chi connectivity index (χ4n) is 4.41. The van der Waals surface area contributed by atoms with Crippen molar-refractivity contribution < 1.29 is 28.8 Å². The van der Waals surface area contributed by atoms with Crippen molar-refractivity contribution >= 4 is 11.9 Å². The van der Waals surface area contributed by atoms with Gasteiger partial charge in [0.1, 0.15) is 17.2 Å². The normalized spacial score (nSPS) is 19.6. The smallest absolute Gasteiger partial charge is 0.231 e. The Morgan fingerprint density at radius 2 is 1.84 bits per heavy atom. The van der Waals surface area contributed by atoms with Crippen LogP contribution >= 0.6 is 0 Å². The number of methoxy groups -OCH3 is 3. The first-order valence-electron chi connectivity index (χ1n) is 10.8. The molecule has 2 heterocycles. The number of carbonyl (C=O) groups excluding carboxylic acids is 1. The van der Waals surface area contributed by atoms with Crippen molar-refractivity contribution in [1.29, 1.82) is 0 Å². The Balaban J connectivity index is 1.68. The van der Waals surface area contributed by atoms with Crippen molar-refractivity contribution in [3.8, 4) is 28.7 Å². The predicted molar refractivity (Wildman–Crippen MR) is 121 cm³/mol. The van der Waals surface area contributed by atoms with Gasteiger partial charge in [-0.15, -0.1) is 0 Å². The summed E-state index contributed by atoms with van der Waals surface area (Å²) in [4.78, 5) is 15.4. The number of phenolic OH excluding ortho intramolecular Hbond substituents is 1. The zero-order chi connectivity index (χ0) is 22.8. The van der Waals surface area contributed by atoms with Crippen LogP contribution in [0, 0.1) is 5.92 Å². The third kappa shape index (κ3) is 4.12. The number of likely N-dealkylation sites (tertiary alicyclic amines) is 1. The molecule has 0 saturated carbocycles. The lowest BCUT2D eigenvalue weighted by molar-refractivity contribution is 0.101. The molecule has 0 amide bonds. The van der Waals surface area contributed by atoms with Gasteiger partial charge in [0, 0.05) is 24.7 Å². The first-order chi connectivity index (χ1) is 15.4. The highest BCUT2D eigenvalue weighted by Gasteiger charge is 2.32. The Hall–Kier alpha value is -3.19. The summed E-state index contributed by atoms with van der Waals surface area (Å²) in [6.07, 6.45) is 3.97. The Morgan fingerprint density at radius 3 is 2.53 bits per heavy atom. The van der Waals surface area contributed by atoms with Crippen LogP contribution in [-0.2, 0) is 6.54 Å². The van der Waals surface area contributed by atoms with Gasteiger partial charge in [0.25, 0.3) is 0 Å². The number of rotatable bonds is 6. The largest absolute Gasteiger partial charge is 0.507 e. The second-order valence-electron chi connectivity index (χ2n) is 8.31. The Kier molecular flexibility index (Phi) is 6.28. The number of piperidine rings is 1. The second-order valence-corrected chi connectivity index (χ2v) is 8.31. The molecule has 0 radical (unpaired) electrons. The summed E-state index contributed by atoms with van der Waals surface area (Å²) in [7, 11) is 4.64. The summed E-state index contributed by atoms with van der Waals surface area (Å²) in [5.74, 6) is 2.68. The van der Waals surface area contributed by atoms with E-state index in [2.05, 4.69) is 11.8 Å². The lowest BCUT2D eigenvalue weighted by atomic mass is 9.99. The Labute approximate surface area is 188 Å². The van der Waals surface area contributed by atoms with Gasteiger partial charge in [0.05, 0.1) is 32.5 Å². The molecule has 170 valence electrons. The van der Waals surface area contributed by atoms with Crippen LogP contribution in [0.2, 0.25) is 0 Å². The molecule has 32 heavy (non-hydrogen) atoms. The van der Waals surface area contributed by atoms with Crippen LogP contribution in [0.3, 0.4) is 0 Å². The number of ether oxygens (including phenoxy) is 4. The summed E-state index contributed by atoms with van der Waals surface area (Å²) in [5, 5.41) is 10.6. The van der Waals surface area contributed by atoms with E-state index in [0.717, 1.165) is 19.5 Å². The number of hydrogen-bond acceptors (Lipinski definition) is 7. The summed E-state index contributed by atoms with van der Waals surface area (Å²) in [6.45, 7) is 4.70. The first-order valence-corrected chi connectivity index (χ1v) is 10.8. The molecule has 1 N–H and O–H groups in total. The van der Waals surface area contributed by atoms with E-state index in [1.807, 2.05) is 0 Å². The van der Waals surface area contributed by atoms with Crippen molar-refractivity contribution in [2.45, 2.75) is 26.3 Å². The van der Waals surface area contributed by atoms with E-state index < -0.39 is 0 Å². The monoisotopic (exact) mass is 439 g/mol. The molecule has 1 atom stereocenters. The van der Waals surface area contributed by atoms with Crippen LogP contribution in [0.4, 0.5) is 0 Å². The Bertz CT molecular complexity index is 1060. The average Bonchev–Trinajstić information content (AvgIpc) is 3.10. The van der Waals surface area contributed by atoms with Crippen LogP contribution < -0.4 is 18.9 Å². The van der Waals surface area contributed by atoms with Gasteiger partial charge in [-0.1, -0.05) is 6.92 Å². The van der Waals surface area contributed by atoms with Crippen LogP contribution in [0.1, 0.15) is 41.3 Å². The first kappa shape index (κ1) is 22.0. The van der Waals surface area contributed by atoms with Crippen molar-refractivity contribution in [2.24, 2.45) is 5.92 Å². The maximum atomic E-state index is 13.1. The molecule has 0 aromatic heterocycles. The van der Waals surface area contributed by atoms with Crippen molar-refractivity contribution in [2.75, 3.05) is 34.4 Å². The molecule has 2 aliphatic heterocycles.